The fourth-order valence-electron chi connectivity index (χ4n) is 1.68. The van der Waals surface area contributed by atoms with Crippen molar-refractivity contribution in [3.05, 3.63) is 21.1 Å². The number of aryl methyl sites for hydroxylation is 1. The highest BCUT2D eigenvalue weighted by atomic mass is 79.9. The molecule has 3 nitrogen and oxygen atoms in total. The van der Waals surface area contributed by atoms with Gasteiger partial charge in [0.1, 0.15) is 11.3 Å². The van der Waals surface area contributed by atoms with Gasteiger partial charge in [-0.25, -0.2) is 9.97 Å². The van der Waals surface area contributed by atoms with Crippen LogP contribution in [-0.4, -0.2) is 16.1 Å². The number of halogens is 2. The molecule has 5 heteroatoms. The van der Waals surface area contributed by atoms with E-state index in [1.165, 1.54) is 0 Å². The Morgan fingerprint density at radius 2 is 2.13 bits per heavy atom. The quantitative estimate of drug-likeness (QED) is 0.744. The zero-order valence-electron chi connectivity index (χ0n) is 8.63. The van der Waals surface area contributed by atoms with Gasteiger partial charge in [-0.15, -0.1) is 0 Å². The highest BCUT2D eigenvalue weighted by molar-refractivity contribution is 9.10. The predicted molar refractivity (Wildman–Crippen MR) is 62.0 cm³/mol. The van der Waals surface area contributed by atoms with Gasteiger partial charge in [-0.05, 0) is 42.6 Å². The lowest BCUT2D eigenvalue weighted by atomic mass is 10.2. The summed E-state index contributed by atoms with van der Waals surface area (Å²) in [5.41, 5.74) is 0.855. The molecule has 0 bridgehead atoms. The Labute approximate surface area is 102 Å². The Balaban J connectivity index is 2.29. The first-order valence-corrected chi connectivity index (χ1v) is 6.10. The Morgan fingerprint density at radius 3 is 2.67 bits per heavy atom. The zero-order chi connectivity index (χ0) is 11.0. The van der Waals surface area contributed by atoms with Gasteiger partial charge in [-0.2, -0.15) is 0 Å². The van der Waals surface area contributed by atoms with E-state index in [0.717, 1.165) is 23.0 Å². The second kappa shape index (κ2) is 4.36. The van der Waals surface area contributed by atoms with Crippen molar-refractivity contribution in [2.45, 2.75) is 38.9 Å². The van der Waals surface area contributed by atoms with Crippen LogP contribution in [0.4, 0.5) is 0 Å². The molecule has 2 unspecified atom stereocenters. The highest BCUT2D eigenvalue weighted by Gasteiger charge is 2.26. The van der Waals surface area contributed by atoms with Crippen LogP contribution in [0.2, 0.25) is 5.15 Å². The molecular weight excluding hydrogens is 279 g/mol. The van der Waals surface area contributed by atoms with Crippen LogP contribution >= 0.6 is 27.5 Å². The topological polar surface area (TPSA) is 35.0 Å². The van der Waals surface area contributed by atoms with E-state index >= 15 is 0 Å². The number of ether oxygens (including phenoxy) is 1. The molecular formula is C10H12BrClN2O. The van der Waals surface area contributed by atoms with Crippen molar-refractivity contribution in [1.82, 2.24) is 9.97 Å². The normalized spacial score (nSPS) is 25.9. The molecule has 1 aliphatic rings. The molecule has 15 heavy (non-hydrogen) atoms. The van der Waals surface area contributed by atoms with Gasteiger partial charge in [0.2, 0.25) is 0 Å². The maximum Gasteiger partial charge on any atom is 0.159 e. The van der Waals surface area contributed by atoms with Crippen molar-refractivity contribution in [3.8, 4) is 0 Å². The summed E-state index contributed by atoms with van der Waals surface area (Å²) in [5.74, 6) is 0.699. The summed E-state index contributed by atoms with van der Waals surface area (Å²) in [5, 5.41) is 0.459. The third-order valence-corrected chi connectivity index (χ3v) is 3.96. The molecule has 0 aliphatic carbocycles. The van der Waals surface area contributed by atoms with Crippen molar-refractivity contribution in [2.24, 2.45) is 0 Å². The molecule has 1 aliphatic heterocycles. The summed E-state index contributed by atoms with van der Waals surface area (Å²) in [7, 11) is 0. The largest absolute Gasteiger partial charge is 0.367 e. The number of nitrogens with zero attached hydrogens (tertiary/aromatic N) is 2. The smallest absolute Gasteiger partial charge is 0.159 e. The summed E-state index contributed by atoms with van der Waals surface area (Å²) in [4.78, 5) is 8.62. The molecule has 2 rings (SSSR count). The molecule has 1 aromatic heterocycles. The van der Waals surface area contributed by atoms with Crippen LogP contribution in [0.15, 0.2) is 4.47 Å². The lowest BCUT2D eigenvalue weighted by Crippen LogP contribution is -2.07. The summed E-state index contributed by atoms with van der Waals surface area (Å²) < 4.78 is 6.46. The lowest BCUT2D eigenvalue weighted by molar-refractivity contribution is 0.0501. The Hall–Kier alpha value is -0.190. The van der Waals surface area contributed by atoms with Crippen molar-refractivity contribution >= 4 is 27.5 Å². The molecule has 1 fully saturated rings. The second-order valence-electron chi connectivity index (χ2n) is 3.78. The monoisotopic (exact) mass is 290 g/mol. The molecule has 82 valence electrons. The number of rotatable bonds is 1. The number of aromatic nitrogens is 2. The molecule has 0 aromatic carbocycles. The van der Waals surface area contributed by atoms with Crippen LogP contribution in [0.1, 0.15) is 37.4 Å². The van der Waals surface area contributed by atoms with Gasteiger partial charge in [0.15, 0.2) is 5.82 Å². The predicted octanol–water partition coefficient (Wildman–Crippen LogP) is 3.44. The van der Waals surface area contributed by atoms with Crippen LogP contribution < -0.4 is 0 Å². The molecule has 1 saturated heterocycles. The summed E-state index contributed by atoms with van der Waals surface area (Å²) in [6.07, 6.45) is 2.32. The van der Waals surface area contributed by atoms with Gasteiger partial charge in [-0.1, -0.05) is 11.6 Å². The van der Waals surface area contributed by atoms with E-state index < -0.39 is 0 Å². The highest BCUT2D eigenvalue weighted by Crippen LogP contribution is 2.32. The lowest BCUT2D eigenvalue weighted by Gasteiger charge is -2.11. The first-order chi connectivity index (χ1) is 7.08. The first kappa shape index (κ1) is 11.3. The van der Waals surface area contributed by atoms with Gasteiger partial charge >= 0.3 is 0 Å². The van der Waals surface area contributed by atoms with Crippen LogP contribution in [0.5, 0.6) is 0 Å². The molecule has 0 radical (unpaired) electrons. The molecule has 0 amide bonds. The zero-order valence-corrected chi connectivity index (χ0v) is 11.0. The van der Waals surface area contributed by atoms with Crippen LogP contribution in [0.25, 0.3) is 0 Å². The second-order valence-corrected chi connectivity index (χ2v) is 4.94. The number of hydrogen-bond acceptors (Lipinski definition) is 3. The Bertz CT molecular complexity index is 363. The summed E-state index contributed by atoms with van der Waals surface area (Å²) in [6.45, 7) is 3.97. The minimum Gasteiger partial charge on any atom is -0.367 e. The molecule has 0 spiro atoms. The third kappa shape index (κ3) is 2.32. The molecule has 0 saturated carbocycles. The van der Waals surface area contributed by atoms with Crippen molar-refractivity contribution in [2.75, 3.05) is 0 Å². The standard InChI is InChI=1S/C10H12BrClN2O/c1-5-3-4-7(15-5)10-13-6(2)8(11)9(12)14-10/h5,7H,3-4H2,1-2H3. The van der Waals surface area contributed by atoms with Crippen LogP contribution in [-0.2, 0) is 4.74 Å². The fraction of sp³-hybridized carbons (Fsp3) is 0.600. The van der Waals surface area contributed by atoms with Gasteiger partial charge in [0.05, 0.1) is 16.3 Å². The van der Waals surface area contributed by atoms with Gasteiger partial charge in [-0.3, -0.25) is 0 Å². The van der Waals surface area contributed by atoms with E-state index in [-0.39, 0.29) is 6.10 Å². The molecule has 2 heterocycles. The summed E-state index contributed by atoms with van der Waals surface area (Å²) in [6, 6.07) is 0. The van der Waals surface area contributed by atoms with Gasteiger partial charge in [0, 0.05) is 0 Å². The summed E-state index contributed by atoms with van der Waals surface area (Å²) >= 11 is 9.32. The number of hydrogen-bond donors (Lipinski definition) is 0. The van der Waals surface area contributed by atoms with Gasteiger partial charge < -0.3 is 4.74 Å². The maximum absolute atomic E-state index is 5.98. The SMILES string of the molecule is Cc1nc(C2CCC(C)O2)nc(Cl)c1Br. The van der Waals surface area contributed by atoms with Crippen molar-refractivity contribution < 1.29 is 4.74 Å². The van der Waals surface area contributed by atoms with E-state index in [4.69, 9.17) is 16.3 Å². The minimum atomic E-state index is 0.00398. The van der Waals surface area contributed by atoms with Gasteiger partial charge in [0.25, 0.3) is 0 Å². The van der Waals surface area contributed by atoms with E-state index in [2.05, 4.69) is 32.8 Å². The van der Waals surface area contributed by atoms with Crippen LogP contribution in [0.3, 0.4) is 0 Å². The van der Waals surface area contributed by atoms with E-state index in [0.29, 0.717) is 17.1 Å². The molecule has 0 N–H and O–H groups in total. The molecule has 1 aromatic rings. The first-order valence-electron chi connectivity index (χ1n) is 4.93. The average molecular weight is 292 g/mol. The Kier molecular flexibility index (Phi) is 3.28. The van der Waals surface area contributed by atoms with Crippen molar-refractivity contribution in [3.63, 3.8) is 0 Å². The van der Waals surface area contributed by atoms with E-state index in [1.54, 1.807) is 0 Å². The Morgan fingerprint density at radius 1 is 1.40 bits per heavy atom. The van der Waals surface area contributed by atoms with E-state index in [9.17, 15) is 0 Å². The van der Waals surface area contributed by atoms with E-state index in [1.807, 2.05) is 6.92 Å². The third-order valence-electron chi connectivity index (χ3n) is 2.51. The average Bonchev–Trinajstić information content (AvgIpc) is 2.60. The molecule has 2 atom stereocenters. The maximum atomic E-state index is 5.98. The minimum absolute atomic E-state index is 0.00398. The van der Waals surface area contributed by atoms with Crippen LogP contribution in [0, 0.1) is 6.92 Å². The van der Waals surface area contributed by atoms with Crippen molar-refractivity contribution in [1.29, 1.82) is 0 Å². The fourth-order valence-corrected chi connectivity index (χ4v) is 2.08.